The molecule has 4 aromatic heterocycles. The molecule has 0 saturated heterocycles. The maximum absolute atomic E-state index is 5.54. The third-order valence-corrected chi connectivity index (χ3v) is 12.5. The van der Waals surface area contributed by atoms with Crippen LogP contribution in [0.25, 0.3) is 104 Å². The maximum atomic E-state index is 5.54. The quantitative estimate of drug-likeness (QED) is 0.173. The molecule has 0 N–H and O–H groups in total. The molecule has 0 aliphatic heterocycles. The highest BCUT2D eigenvalue weighted by Crippen LogP contribution is 2.47. The molecule has 0 fully saturated rings. The number of imidazole rings is 1. The summed E-state index contributed by atoms with van der Waals surface area (Å²) in [7, 11) is 0. The zero-order valence-corrected chi connectivity index (χ0v) is 31.0. The molecule has 12 aromatic rings. The van der Waals surface area contributed by atoms with Crippen LogP contribution in [0.1, 0.15) is 0 Å². The van der Waals surface area contributed by atoms with Gasteiger partial charge in [-0.25, -0.2) is 4.98 Å². The smallest absolute Gasteiger partial charge is 0.165 e. The molecule has 0 saturated carbocycles. The van der Waals surface area contributed by atoms with Crippen molar-refractivity contribution in [2.24, 2.45) is 0 Å². The van der Waals surface area contributed by atoms with E-state index in [1.165, 1.54) is 64.2 Å². The summed E-state index contributed by atoms with van der Waals surface area (Å²) in [4.78, 5) is 5.54. The van der Waals surface area contributed by atoms with Crippen molar-refractivity contribution in [1.82, 2.24) is 18.7 Å². The Labute approximate surface area is 326 Å². The maximum Gasteiger partial charge on any atom is 0.165 e. The van der Waals surface area contributed by atoms with Crippen LogP contribution in [0.5, 0.6) is 0 Å². The van der Waals surface area contributed by atoms with Crippen LogP contribution in [0.4, 0.5) is 0 Å². The van der Waals surface area contributed by atoms with Crippen molar-refractivity contribution >= 4 is 75.4 Å². The zero-order chi connectivity index (χ0) is 36.7. The number of thiophene rings is 1. The molecule has 8 aromatic carbocycles. The van der Waals surface area contributed by atoms with Crippen LogP contribution in [-0.4, -0.2) is 18.7 Å². The van der Waals surface area contributed by atoms with E-state index in [1.807, 2.05) is 11.3 Å². The molecule has 56 heavy (non-hydrogen) atoms. The van der Waals surface area contributed by atoms with Crippen molar-refractivity contribution in [1.29, 1.82) is 0 Å². The minimum absolute atomic E-state index is 0.915. The van der Waals surface area contributed by atoms with Crippen molar-refractivity contribution in [2.75, 3.05) is 0 Å². The lowest BCUT2D eigenvalue weighted by Crippen LogP contribution is -1.98. The van der Waals surface area contributed by atoms with Gasteiger partial charge in [0.2, 0.25) is 0 Å². The summed E-state index contributed by atoms with van der Waals surface area (Å²) in [5.41, 5.74) is 12.4. The molecule has 262 valence electrons. The summed E-state index contributed by atoms with van der Waals surface area (Å²) in [5.74, 6) is 0.915. The second kappa shape index (κ2) is 12.2. The molecule has 4 heterocycles. The highest BCUT2D eigenvalue weighted by Gasteiger charge is 2.27. The van der Waals surface area contributed by atoms with Crippen molar-refractivity contribution in [3.63, 3.8) is 0 Å². The lowest BCUT2D eigenvalue weighted by atomic mass is 10.0. The molecule has 0 aliphatic carbocycles. The SMILES string of the molecule is c1ccc(-c2cccc3c2sc2c(-n4c5ccccc5c5c6c7c(nc(-c8ccccc8)n7-c7ccccc7)n(-c7ccccc7)c6ccc54)cccc23)cc1. The van der Waals surface area contributed by atoms with Crippen molar-refractivity contribution in [3.05, 3.63) is 194 Å². The van der Waals surface area contributed by atoms with Crippen LogP contribution in [0.3, 0.4) is 0 Å². The van der Waals surface area contributed by atoms with Crippen LogP contribution in [0, 0.1) is 0 Å². The molecule has 0 aliphatic rings. The summed E-state index contributed by atoms with van der Waals surface area (Å²) in [6.45, 7) is 0. The number of hydrogen-bond acceptors (Lipinski definition) is 2. The first kappa shape index (κ1) is 31.2. The van der Waals surface area contributed by atoms with Crippen LogP contribution in [0.2, 0.25) is 0 Å². The molecule has 0 atom stereocenters. The normalized spacial score (nSPS) is 11.9. The summed E-state index contributed by atoms with van der Waals surface area (Å²) < 4.78 is 9.81. The van der Waals surface area contributed by atoms with Gasteiger partial charge in [0.05, 0.1) is 26.9 Å². The predicted molar refractivity (Wildman–Crippen MR) is 236 cm³/mol. The zero-order valence-electron chi connectivity index (χ0n) is 30.2. The van der Waals surface area contributed by atoms with Crippen molar-refractivity contribution in [2.45, 2.75) is 0 Å². The lowest BCUT2D eigenvalue weighted by Gasteiger charge is -2.11. The van der Waals surface area contributed by atoms with Crippen LogP contribution in [0.15, 0.2) is 194 Å². The van der Waals surface area contributed by atoms with Gasteiger partial charge in [-0.1, -0.05) is 146 Å². The molecule has 0 unspecified atom stereocenters. The second-order valence-corrected chi connectivity index (χ2v) is 15.3. The van der Waals surface area contributed by atoms with E-state index < -0.39 is 0 Å². The van der Waals surface area contributed by atoms with Gasteiger partial charge in [-0.2, -0.15) is 0 Å². The number of nitrogens with zero attached hydrogens (tertiary/aromatic N) is 4. The Kier molecular flexibility index (Phi) is 6.76. The van der Waals surface area contributed by atoms with E-state index in [1.54, 1.807) is 0 Å². The number of para-hydroxylation sites is 3. The van der Waals surface area contributed by atoms with Gasteiger partial charge in [0.15, 0.2) is 5.65 Å². The van der Waals surface area contributed by atoms with Gasteiger partial charge < -0.3 is 4.57 Å². The Balaban J connectivity index is 1.25. The first-order chi connectivity index (χ1) is 27.8. The molecule has 4 nitrogen and oxygen atoms in total. The molecule has 0 radical (unpaired) electrons. The second-order valence-electron chi connectivity index (χ2n) is 14.3. The molecular formula is C51H32N4S. The van der Waals surface area contributed by atoms with Crippen molar-refractivity contribution in [3.8, 4) is 39.6 Å². The van der Waals surface area contributed by atoms with Crippen LogP contribution < -0.4 is 0 Å². The minimum Gasteiger partial charge on any atom is -0.308 e. The summed E-state index contributed by atoms with van der Waals surface area (Å²) in [6.07, 6.45) is 0. The highest BCUT2D eigenvalue weighted by atomic mass is 32.1. The molecular weight excluding hydrogens is 701 g/mol. The Morgan fingerprint density at radius 2 is 0.929 bits per heavy atom. The number of hydrogen-bond donors (Lipinski definition) is 0. The van der Waals surface area contributed by atoms with Gasteiger partial charge in [0.1, 0.15) is 11.3 Å². The number of benzene rings is 8. The van der Waals surface area contributed by atoms with Crippen molar-refractivity contribution < 1.29 is 0 Å². The van der Waals surface area contributed by atoms with E-state index in [0.717, 1.165) is 39.4 Å². The molecule has 0 bridgehead atoms. The summed E-state index contributed by atoms with van der Waals surface area (Å²) >= 11 is 1.89. The fraction of sp³-hybridized carbons (Fsp3) is 0. The largest absolute Gasteiger partial charge is 0.308 e. The van der Waals surface area contributed by atoms with Gasteiger partial charge in [-0.05, 0) is 59.7 Å². The van der Waals surface area contributed by atoms with Crippen LogP contribution in [-0.2, 0) is 0 Å². The fourth-order valence-electron chi connectivity index (χ4n) is 8.91. The van der Waals surface area contributed by atoms with E-state index in [0.29, 0.717) is 0 Å². The monoisotopic (exact) mass is 732 g/mol. The average Bonchev–Trinajstić information content (AvgIpc) is 4.02. The molecule has 0 amide bonds. The van der Waals surface area contributed by atoms with E-state index in [2.05, 4.69) is 208 Å². The number of fused-ring (bicyclic) bond motifs is 10. The first-order valence-electron chi connectivity index (χ1n) is 19.0. The highest BCUT2D eigenvalue weighted by molar-refractivity contribution is 7.26. The van der Waals surface area contributed by atoms with E-state index in [4.69, 9.17) is 4.98 Å². The predicted octanol–water partition coefficient (Wildman–Crippen LogP) is 13.8. The Bertz CT molecular complexity index is 3450. The van der Waals surface area contributed by atoms with Crippen LogP contribution >= 0.6 is 11.3 Å². The topological polar surface area (TPSA) is 27.7 Å². The minimum atomic E-state index is 0.915. The Morgan fingerprint density at radius 3 is 1.64 bits per heavy atom. The van der Waals surface area contributed by atoms with Gasteiger partial charge in [-0.3, -0.25) is 9.13 Å². The first-order valence-corrected chi connectivity index (χ1v) is 19.8. The molecule has 0 spiro atoms. The number of rotatable bonds is 5. The third-order valence-electron chi connectivity index (χ3n) is 11.3. The van der Waals surface area contributed by atoms with E-state index >= 15 is 0 Å². The van der Waals surface area contributed by atoms with Gasteiger partial charge in [0, 0.05) is 48.6 Å². The van der Waals surface area contributed by atoms with E-state index in [-0.39, 0.29) is 0 Å². The van der Waals surface area contributed by atoms with Gasteiger partial charge >= 0.3 is 0 Å². The molecule has 5 heteroatoms. The molecule has 12 rings (SSSR count). The fourth-order valence-corrected chi connectivity index (χ4v) is 10.3. The van der Waals surface area contributed by atoms with E-state index in [9.17, 15) is 0 Å². The summed E-state index contributed by atoms with van der Waals surface area (Å²) in [5, 5.41) is 6.19. The Hall–Kier alpha value is -7.21. The number of aromatic nitrogens is 4. The Morgan fingerprint density at radius 1 is 0.375 bits per heavy atom. The lowest BCUT2D eigenvalue weighted by molar-refractivity contribution is 1.10. The van der Waals surface area contributed by atoms with Gasteiger partial charge in [0.25, 0.3) is 0 Å². The summed E-state index contributed by atoms with van der Waals surface area (Å²) in [6, 6.07) is 69.7. The van der Waals surface area contributed by atoms with Gasteiger partial charge in [-0.15, -0.1) is 11.3 Å². The standard InChI is InChI=1S/C51H32N4S/c1-5-17-33(18-6-1)37-26-15-27-38-39-28-16-30-44(49(39)56-48(37)38)55-41-29-14-13-25-40(41)45-42(55)31-32-43-46(45)47-51(53(43)35-21-9-3-10-22-35)52-50(34-19-7-2-8-20-34)54(47)36-23-11-4-12-24-36/h1-32H. The third kappa shape index (κ3) is 4.43. The average molecular weight is 733 g/mol.